The van der Waals surface area contributed by atoms with Gasteiger partial charge >= 0.3 is 0 Å². The molecule has 0 bridgehead atoms. The van der Waals surface area contributed by atoms with Crippen LogP contribution >= 0.6 is 11.6 Å². The smallest absolute Gasteiger partial charge is 0.243 e. The Labute approximate surface area is 122 Å². The van der Waals surface area contributed by atoms with Crippen molar-refractivity contribution in [3.05, 3.63) is 52.9 Å². The summed E-state index contributed by atoms with van der Waals surface area (Å²) in [6.45, 7) is -0.101. The average molecular weight is 316 g/mol. The minimum Gasteiger partial charge on any atom is -0.468 e. The van der Waals surface area contributed by atoms with E-state index in [1.54, 1.807) is 12.1 Å². The number of sulfonamides is 1. The lowest BCUT2D eigenvalue weighted by Gasteiger charge is -2.16. The van der Waals surface area contributed by atoms with Gasteiger partial charge in [-0.15, -0.1) is 0 Å². The van der Waals surface area contributed by atoms with Gasteiger partial charge in [0.15, 0.2) is 0 Å². The molecule has 2 rings (SSSR count). The van der Waals surface area contributed by atoms with Gasteiger partial charge in [0.05, 0.1) is 24.3 Å². The second-order valence-corrected chi connectivity index (χ2v) is 6.70. The standard InChI is InChI=1S/C13H14ClNO4S/c1-15(8-11-3-2-6-19-11)20(17,18)12-5-4-10(9-16)13(14)7-12/h2-7,16H,8-9H2,1H3. The normalized spacial score (nSPS) is 12.0. The largest absolute Gasteiger partial charge is 0.468 e. The first-order valence-corrected chi connectivity index (χ1v) is 7.65. The fraction of sp³-hybridized carbons (Fsp3) is 0.231. The molecule has 5 nitrogen and oxygen atoms in total. The summed E-state index contributed by atoms with van der Waals surface area (Å²) in [6.07, 6.45) is 1.49. The van der Waals surface area contributed by atoms with Gasteiger partial charge in [0.25, 0.3) is 0 Å². The van der Waals surface area contributed by atoms with E-state index in [1.807, 2.05) is 0 Å². The molecule has 0 saturated carbocycles. The molecule has 0 radical (unpaired) electrons. The van der Waals surface area contributed by atoms with Crippen molar-refractivity contribution in [3.8, 4) is 0 Å². The second kappa shape index (κ2) is 5.97. The summed E-state index contributed by atoms with van der Waals surface area (Å²) in [5.41, 5.74) is 0.485. The third kappa shape index (κ3) is 3.04. The molecule has 0 unspecified atom stereocenters. The maximum atomic E-state index is 12.4. The van der Waals surface area contributed by atoms with Crippen molar-refractivity contribution >= 4 is 21.6 Å². The maximum absolute atomic E-state index is 12.4. The highest BCUT2D eigenvalue weighted by Gasteiger charge is 2.22. The van der Waals surface area contributed by atoms with Gasteiger partial charge in [-0.3, -0.25) is 0 Å². The van der Waals surface area contributed by atoms with Gasteiger partial charge in [0.1, 0.15) is 5.76 Å². The highest BCUT2D eigenvalue weighted by Crippen LogP contribution is 2.23. The number of furan rings is 1. The molecule has 1 aromatic heterocycles. The first-order valence-electron chi connectivity index (χ1n) is 5.83. The van der Waals surface area contributed by atoms with Gasteiger partial charge in [-0.25, -0.2) is 8.42 Å². The first-order chi connectivity index (χ1) is 9.45. The van der Waals surface area contributed by atoms with Gasteiger partial charge in [-0.05, 0) is 29.8 Å². The lowest BCUT2D eigenvalue weighted by Crippen LogP contribution is -2.26. The Morgan fingerprint density at radius 1 is 1.35 bits per heavy atom. The van der Waals surface area contributed by atoms with E-state index in [-0.39, 0.29) is 23.1 Å². The summed E-state index contributed by atoms with van der Waals surface area (Å²) in [5.74, 6) is 0.550. The molecule has 7 heteroatoms. The fourth-order valence-electron chi connectivity index (χ4n) is 1.70. The van der Waals surface area contributed by atoms with Crippen molar-refractivity contribution in [1.82, 2.24) is 4.31 Å². The molecule has 108 valence electrons. The summed E-state index contributed by atoms with van der Waals surface area (Å²) in [6, 6.07) is 7.65. The Morgan fingerprint density at radius 2 is 2.10 bits per heavy atom. The van der Waals surface area contributed by atoms with Crippen molar-refractivity contribution in [2.75, 3.05) is 7.05 Å². The highest BCUT2D eigenvalue weighted by molar-refractivity contribution is 7.89. The Balaban J connectivity index is 2.27. The van der Waals surface area contributed by atoms with Crippen LogP contribution in [0.1, 0.15) is 11.3 Å². The summed E-state index contributed by atoms with van der Waals surface area (Å²) >= 11 is 5.92. The molecular formula is C13H14ClNO4S. The number of halogens is 1. The second-order valence-electron chi connectivity index (χ2n) is 4.25. The molecule has 20 heavy (non-hydrogen) atoms. The van der Waals surface area contributed by atoms with Crippen molar-refractivity contribution < 1.29 is 17.9 Å². The number of aliphatic hydroxyl groups is 1. The Bertz CT molecular complexity index is 682. The van der Waals surface area contributed by atoms with Crippen LogP contribution in [-0.2, 0) is 23.2 Å². The minimum absolute atomic E-state index is 0.0776. The summed E-state index contributed by atoms with van der Waals surface area (Å²) < 4.78 is 31.1. The highest BCUT2D eigenvalue weighted by atomic mass is 35.5. The molecule has 0 fully saturated rings. The zero-order valence-electron chi connectivity index (χ0n) is 10.8. The van der Waals surface area contributed by atoms with Crippen LogP contribution < -0.4 is 0 Å². The molecular weight excluding hydrogens is 302 g/mol. The van der Waals surface area contributed by atoms with E-state index in [1.165, 1.54) is 35.8 Å². The number of benzene rings is 1. The van der Waals surface area contributed by atoms with Crippen LogP contribution in [0.25, 0.3) is 0 Å². The zero-order chi connectivity index (χ0) is 14.8. The molecule has 0 amide bonds. The van der Waals surface area contributed by atoms with E-state index in [4.69, 9.17) is 21.1 Å². The van der Waals surface area contributed by atoms with E-state index in [0.717, 1.165) is 0 Å². The first kappa shape index (κ1) is 15.1. The van der Waals surface area contributed by atoms with Crippen LogP contribution in [0.3, 0.4) is 0 Å². The van der Waals surface area contributed by atoms with Crippen molar-refractivity contribution in [2.45, 2.75) is 18.0 Å². The molecule has 1 aromatic carbocycles. The molecule has 1 heterocycles. The Kier molecular flexibility index (Phi) is 4.49. The predicted molar refractivity (Wildman–Crippen MR) is 74.7 cm³/mol. The molecule has 0 atom stereocenters. The number of aliphatic hydroxyl groups excluding tert-OH is 1. The number of hydrogen-bond acceptors (Lipinski definition) is 4. The van der Waals surface area contributed by atoms with E-state index < -0.39 is 10.0 Å². The Hall–Kier alpha value is -1.34. The van der Waals surface area contributed by atoms with Gasteiger partial charge in [0, 0.05) is 12.1 Å². The lowest BCUT2D eigenvalue weighted by molar-refractivity contribution is 0.282. The molecule has 0 aliphatic heterocycles. The lowest BCUT2D eigenvalue weighted by atomic mass is 10.2. The summed E-state index contributed by atoms with van der Waals surface area (Å²) in [4.78, 5) is 0.0776. The third-order valence-corrected chi connectivity index (χ3v) is 5.01. The number of hydrogen-bond donors (Lipinski definition) is 1. The summed E-state index contributed by atoms with van der Waals surface area (Å²) in [5, 5.41) is 9.26. The number of nitrogens with zero attached hydrogens (tertiary/aromatic N) is 1. The maximum Gasteiger partial charge on any atom is 0.243 e. The topological polar surface area (TPSA) is 70.8 Å². The van der Waals surface area contributed by atoms with E-state index in [2.05, 4.69) is 0 Å². The third-order valence-electron chi connectivity index (χ3n) is 2.86. The van der Waals surface area contributed by atoms with Crippen LogP contribution in [0.15, 0.2) is 45.9 Å². The molecule has 2 aromatic rings. The average Bonchev–Trinajstić information content (AvgIpc) is 2.91. The monoisotopic (exact) mass is 315 g/mol. The van der Waals surface area contributed by atoms with Crippen LogP contribution in [0.4, 0.5) is 0 Å². The van der Waals surface area contributed by atoms with Crippen molar-refractivity contribution in [3.63, 3.8) is 0 Å². The van der Waals surface area contributed by atoms with Gasteiger partial charge < -0.3 is 9.52 Å². The molecule has 0 spiro atoms. The fourth-order valence-corrected chi connectivity index (χ4v) is 3.17. The van der Waals surface area contributed by atoms with Gasteiger partial charge in [0.2, 0.25) is 10.0 Å². The Morgan fingerprint density at radius 3 is 2.65 bits per heavy atom. The minimum atomic E-state index is -3.66. The van der Waals surface area contributed by atoms with E-state index in [9.17, 15) is 8.42 Å². The molecule has 0 aliphatic rings. The van der Waals surface area contributed by atoms with Gasteiger partial charge in [-0.2, -0.15) is 4.31 Å². The van der Waals surface area contributed by atoms with Crippen LogP contribution in [-0.4, -0.2) is 24.9 Å². The van der Waals surface area contributed by atoms with Crippen molar-refractivity contribution in [2.24, 2.45) is 0 Å². The van der Waals surface area contributed by atoms with Crippen LogP contribution in [0, 0.1) is 0 Å². The van der Waals surface area contributed by atoms with Crippen LogP contribution in [0.2, 0.25) is 5.02 Å². The molecule has 0 aliphatic carbocycles. The molecule has 1 N–H and O–H groups in total. The van der Waals surface area contributed by atoms with E-state index in [0.29, 0.717) is 11.3 Å². The zero-order valence-corrected chi connectivity index (χ0v) is 12.4. The summed E-state index contributed by atoms with van der Waals surface area (Å²) in [7, 11) is -2.19. The quantitative estimate of drug-likeness (QED) is 0.918. The van der Waals surface area contributed by atoms with E-state index >= 15 is 0 Å². The molecule has 0 saturated heterocycles. The van der Waals surface area contributed by atoms with Crippen molar-refractivity contribution in [1.29, 1.82) is 0 Å². The SMILES string of the molecule is CN(Cc1ccco1)S(=O)(=O)c1ccc(CO)c(Cl)c1. The van der Waals surface area contributed by atoms with Gasteiger partial charge in [-0.1, -0.05) is 17.7 Å². The predicted octanol–water partition coefficient (Wildman–Crippen LogP) is 2.25. The number of rotatable bonds is 5. The van der Waals surface area contributed by atoms with Crippen LogP contribution in [0.5, 0.6) is 0 Å².